The number of rotatable bonds is 6. The van der Waals surface area contributed by atoms with Gasteiger partial charge in [0.15, 0.2) is 0 Å². The summed E-state index contributed by atoms with van der Waals surface area (Å²) in [6, 6.07) is 15.8. The summed E-state index contributed by atoms with van der Waals surface area (Å²) < 4.78 is 5.76. The average molecular weight is 376 g/mol. The van der Waals surface area contributed by atoms with Gasteiger partial charge in [0.1, 0.15) is 17.9 Å². The molecule has 0 bridgehead atoms. The van der Waals surface area contributed by atoms with Crippen LogP contribution in [0.25, 0.3) is 0 Å². The molecule has 1 aliphatic heterocycles. The van der Waals surface area contributed by atoms with E-state index in [-0.39, 0.29) is 18.0 Å². The summed E-state index contributed by atoms with van der Waals surface area (Å²) >= 11 is 0. The number of carboxylic acid groups (broad SMARTS) is 1. The average Bonchev–Trinajstić information content (AvgIpc) is 2.63. The van der Waals surface area contributed by atoms with E-state index < -0.39 is 5.97 Å². The molecule has 0 aromatic heterocycles. The zero-order valence-electron chi connectivity index (χ0n) is 15.1. The molecule has 1 saturated heterocycles. The summed E-state index contributed by atoms with van der Waals surface area (Å²) in [5.74, 6) is -0.525. The third-order valence-electron chi connectivity index (χ3n) is 4.84. The Kier molecular flexibility index (Phi) is 7.49. The van der Waals surface area contributed by atoms with Crippen molar-refractivity contribution >= 4 is 18.4 Å². The zero-order chi connectivity index (χ0) is 17.6. The lowest BCUT2D eigenvalue weighted by atomic mass is 10.0. The molecule has 26 heavy (non-hydrogen) atoms. The lowest BCUT2D eigenvalue weighted by Crippen LogP contribution is -2.36. The lowest BCUT2D eigenvalue weighted by Gasteiger charge is -2.33. The van der Waals surface area contributed by atoms with Crippen molar-refractivity contribution in [2.75, 3.05) is 6.54 Å². The van der Waals surface area contributed by atoms with Crippen molar-refractivity contribution in [3.63, 3.8) is 0 Å². The molecule has 0 saturated carbocycles. The van der Waals surface area contributed by atoms with Crippen LogP contribution in [0.3, 0.4) is 0 Å². The van der Waals surface area contributed by atoms with Crippen molar-refractivity contribution in [2.45, 2.75) is 45.4 Å². The van der Waals surface area contributed by atoms with Crippen molar-refractivity contribution in [1.82, 2.24) is 4.90 Å². The highest BCUT2D eigenvalue weighted by Crippen LogP contribution is 2.24. The van der Waals surface area contributed by atoms with Gasteiger partial charge in [-0.3, -0.25) is 4.90 Å². The highest BCUT2D eigenvalue weighted by Gasteiger charge is 2.19. The van der Waals surface area contributed by atoms with Gasteiger partial charge < -0.3 is 9.84 Å². The zero-order valence-corrected chi connectivity index (χ0v) is 15.9. The molecular formula is C21H26ClNO3. The Morgan fingerprint density at radius 2 is 1.92 bits per heavy atom. The van der Waals surface area contributed by atoms with E-state index >= 15 is 0 Å². The van der Waals surface area contributed by atoms with Crippen molar-refractivity contribution in [2.24, 2.45) is 0 Å². The number of nitrogens with zero attached hydrogens (tertiary/aromatic N) is 1. The molecule has 3 rings (SSSR count). The standard InChI is InChI=1S/C21H25NO3.ClH/c1-16-7-5-6-12-22(16)14-18-10-11-20(19(13-18)21(23)24)25-15-17-8-3-2-4-9-17;/h2-4,8-11,13,16H,5-7,12,14-15H2,1H3,(H,23,24);1H. The van der Waals surface area contributed by atoms with Gasteiger partial charge in [-0.25, -0.2) is 4.79 Å². The molecule has 1 heterocycles. The number of likely N-dealkylation sites (tertiary alicyclic amines) is 1. The van der Waals surface area contributed by atoms with Crippen LogP contribution < -0.4 is 4.74 Å². The van der Waals surface area contributed by atoms with Crippen LogP contribution in [-0.4, -0.2) is 28.6 Å². The fourth-order valence-electron chi connectivity index (χ4n) is 3.33. The van der Waals surface area contributed by atoms with Gasteiger partial charge in [-0.2, -0.15) is 0 Å². The summed E-state index contributed by atoms with van der Waals surface area (Å²) in [5.41, 5.74) is 2.28. The predicted molar refractivity (Wildman–Crippen MR) is 105 cm³/mol. The minimum absolute atomic E-state index is 0. The van der Waals surface area contributed by atoms with E-state index in [1.54, 1.807) is 12.1 Å². The summed E-state index contributed by atoms with van der Waals surface area (Å²) in [5, 5.41) is 9.55. The molecule has 1 atom stereocenters. The number of piperidine rings is 1. The molecule has 2 aromatic rings. The summed E-state index contributed by atoms with van der Waals surface area (Å²) in [4.78, 5) is 14.1. The van der Waals surface area contributed by atoms with Gasteiger partial charge in [0, 0.05) is 12.6 Å². The quantitative estimate of drug-likeness (QED) is 0.790. The maximum atomic E-state index is 11.6. The number of ether oxygens (including phenoxy) is 1. The van der Waals surface area contributed by atoms with Gasteiger partial charge in [0.25, 0.3) is 0 Å². The molecule has 140 valence electrons. The number of carbonyl (C=O) groups is 1. The van der Waals surface area contributed by atoms with E-state index in [0.717, 1.165) is 24.2 Å². The Morgan fingerprint density at radius 3 is 2.62 bits per heavy atom. The highest BCUT2D eigenvalue weighted by atomic mass is 35.5. The first-order valence-corrected chi connectivity index (χ1v) is 8.90. The first kappa shape index (κ1) is 20.3. The SMILES string of the molecule is CC1CCCCN1Cc1ccc(OCc2ccccc2)c(C(=O)O)c1.Cl. The monoisotopic (exact) mass is 375 g/mol. The maximum absolute atomic E-state index is 11.6. The molecule has 1 N–H and O–H groups in total. The highest BCUT2D eigenvalue weighted by molar-refractivity contribution is 5.91. The number of aromatic carboxylic acids is 1. The Balaban J connectivity index is 0.00000243. The Hall–Kier alpha value is -2.04. The van der Waals surface area contributed by atoms with Gasteiger partial charge in [-0.1, -0.05) is 42.8 Å². The number of benzene rings is 2. The minimum Gasteiger partial charge on any atom is -0.488 e. The topological polar surface area (TPSA) is 49.8 Å². The van der Waals surface area contributed by atoms with Crippen LogP contribution in [0.15, 0.2) is 48.5 Å². The van der Waals surface area contributed by atoms with E-state index in [2.05, 4.69) is 11.8 Å². The first-order chi connectivity index (χ1) is 12.1. The minimum atomic E-state index is -0.948. The third-order valence-corrected chi connectivity index (χ3v) is 4.84. The second kappa shape index (κ2) is 9.60. The van der Waals surface area contributed by atoms with E-state index in [1.807, 2.05) is 36.4 Å². The van der Waals surface area contributed by atoms with E-state index in [4.69, 9.17) is 4.74 Å². The number of carboxylic acids is 1. The molecule has 2 aromatic carbocycles. The fourth-order valence-corrected chi connectivity index (χ4v) is 3.33. The molecule has 1 unspecified atom stereocenters. The van der Waals surface area contributed by atoms with Crippen molar-refractivity contribution in [3.8, 4) is 5.75 Å². The first-order valence-electron chi connectivity index (χ1n) is 8.90. The molecular weight excluding hydrogens is 350 g/mol. The normalized spacial score (nSPS) is 17.3. The molecule has 0 spiro atoms. The second-order valence-electron chi connectivity index (χ2n) is 6.73. The van der Waals surface area contributed by atoms with Crippen molar-refractivity contribution < 1.29 is 14.6 Å². The van der Waals surface area contributed by atoms with Crippen LogP contribution in [0.1, 0.15) is 47.7 Å². The molecule has 0 aliphatic carbocycles. The van der Waals surface area contributed by atoms with Gasteiger partial charge in [-0.15, -0.1) is 12.4 Å². The number of hydrogen-bond acceptors (Lipinski definition) is 3. The largest absolute Gasteiger partial charge is 0.488 e. The Bertz CT molecular complexity index is 720. The number of halogens is 1. The fraction of sp³-hybridized carbons (Fsp3) is 0.381. The Morgan fingerprint density at radius 1 is 1.15 bits per heavy atom. The lowest BCUT2D eigenvalue weighted by molar-refractivity contribution is 0.0691. The maximum Gasteiger partial charge on any atom is 0.339 e. The summed E-state index contributed by atoms with van der Waals surface area (Å²) in [7, 11) is 0. The van der Waals surface area contributed by atoms with Crippen LogP contribution >= 0.6 is 12.4 Å². The van der Waals surface area contributed by atoms with Crippen molar-refractivity contribution in [1.29, 1.82) is 0 Å². The van der Waals surface area contributed by atoms with E-state index in [9.17, 15) is 9.90 Å². The molecule has 0 amide bonds. The third kappa shape index (κ3) is 5.23. The molecule has 1 fully saturated rings. The Labute approximate surface area is 161 Å². The van der Waals surface area contributed by atoms with Crippen LogP contribution in [0.4, 0.5) is 0 Å². The summed E-state index contributed by atoms with van der Waals surface area (Å²) in [6.45, 7) is 4.48. The molecule has 1 aliphatic rings. The smallest absolute Gasteiger partial charge is 0.339 e. The van der Waals surface area contributed by atoms with E-state index in [0.29, 0.717) is 18.4 Å². The van der Waals surface area contributed by atoms with Gasteiger partial charge in [0.05, 0.1) is 0 Å². The van der Waals surface area contributed by atoms with Gasteiger partial charge >= 0.3 is 5.97 Å². The van der Waals surface area contributed by atoms with Crippen molar-refractivity contribution in [3.05, 3.63) is 65.2 Å². The van der Waals surface area contributed by atoms with Crippen LogP contribution in [0.5, 0.6) is 5.75 Å². The van der Waals surface area contributed by atoms with Crippen LogP contribution in [0.2, 0.25) is 0 Å². The van der Waals surface area contributed by atoms with Gasteiger partial charge in [0.2, 0.25) is 0 Å². The van der Waals surface area contributed by atoms with Gasteiger partial charge in [-0.05, 0) is 49.6 Å². The summed E-state index contributed by atoms with van der Waals surface area (Å²) in [6.07, 6.45) is 3.71. The van der Waals surface area contributed by atoms with Crippen LogP contribution in [0, 0.1) is 0 Å². The van der Waals surface area contributed by atoms with E-state index in [1.165, 1.54) is 19.3 Å². The number of hydrogen-bond donors (Lipinski definition) is 1. The van der Waals surface area contributed by atoms with Crippen LogP contribution in [-0.2, 0) is 13.2 Å². The molecule has 0 radical (unpaired) electrons. The molecule has 5 heteroatoms. The predicted octanol–water partition coefficient (Wildman–Crippen LogP) is 4.76. The molecule has 4 nitrogen and oxygen atoms in total. The second-order valence-corrected chi connectivity index (χ2v) is 6.73.